The highest BCUT2D eigenvalue weighted by Gasteiger charge is 2.49. The van der Waals surface area contributed by atoms with Gasteiger partial charge in [0.05, 0.1) is 25.0 Å². The fourth-order valence-electron chi connectivity index (χ4n) is 2.17. The molecule has 17 heavy (non-hydrogen) atoms. The van der Waals surface area contributed by atoms with Crippen LogP contribution < -0.4 is 5.32 Å². The van der Waals surface area contributed by atoms with E-state index in [-0.39, 0.29) is 29.7 Å². The molecule has 1 N–H and O–H groups in total. The number of amides is 2. The minimum absolute atomic E-state index is 0.0200. The molecule has 2 fully saturated rings. The Morgan fingerprint density at radius 3 is 2.47 bits per heavy atom. The van der Waals surface area contributed by atoms with E-state index < -0.39 is 0 Å². The summed E-state index contributed by atoms with van der Waals surface area (Å²) in [6.07, 6.45) is 0.703. The highest BCUT2D eigenvalue weighted by molar-refractivity contribution is 5.92. The average Bonchev–Trinajstić information content (AvgIpc) is 3.08. The summed E-state index contributed by atoms with van der Waals surface area (Å²) in [6.45, 7) is 6.41. The molecule has 1 saturated heterocycles. The van der Waals surface area contributed by atoms with E-state index in [1.165, 1.54) is 0 Å². The van der Waals surface area contributed by atoms with Gasteiger partial charge in [-0.1, -0.05) is 0 Å². The molecular weight excluding hydrogens is 220 g/mol. The molecule has 0 aromatic heterocycles. The largest absolute Gasteiger partial charge is 0.378 e. The molecule has 0 radical (unpaired) electrons. The Hall–Kier alpha value is -1.10. The fraction of sp³-hybridized carbons (Fsp3) is 0.833. The first-order valence-corrected chi connectivity index (χ1v) is 6.26. The molecule has 1 saturated carbocycles. The average molecular weight is 240 g/mol. The normalized spacial score (nSPS) is 28.1. The predicted molar refractivity (Wildman–Crippen MR) is 62.3 cm³/mol. The van der Waals surface area contributed by atoms with Gasteiger partial charge in [0.25, 0.3) is 0 Å². The number of carbonyl (C=O) groups is 2. The molecule has 96 valence electrons. The lowest BCUT2D eigenvalue weighted by Gasteiger charge is -2.27. The molecule has 0 aromatic rings. The van der Waals surface area contributed by atoms with Gasteiger partial charge in [-0.2, -0.15) is 0 Å². The Morgan fingerprint density at radius 2 is 1.88 bits per heavy atom. The number of rotatable bonds is 3. The van der Waals surface area contributed by atoms with Crippen molar-refractivity contribution in [1.29, 1.82) is 0 Å². The molecule has 2 aliphatic rings. The highest BCUT2D eigenvalue weighted by atomic mass is 16.5. The van der Waals surface area contributed by atoms with Crippen molar-refractivity contribution >= 4 is 11.8 Å². The van der Waals surface area contributed by atoms with Gasteiger partial charge in [-0.15, -0.1) is 0 Å². The van der Waals surface area contributed by atoms with Crippen LogP contribution in [0.1, 0.15) is 20.3 Å². The summed E-state index contributed by atoms with van der Waals surface area (Å²) in [5, 5.41) is 2.86. The monoisotopic (exact) mass is 240 g/mol. The summed E-state index contributed by atoms with van der Waals surface area (Å²) in [5.74, 6) is -0.0524. The van der Waals surface area contributed by atoms with Gasteiger partial charge in [0, 0.05) is 19.1 Å². The molecule has 1 aliphatic carbocycles. The van der Waals surface area contributed by atoms with Crippen LogP contribution in [0.5, 0.6) is 0 Å². The van der Waals surface area contributed by atoms with Gasteiger partial charge in [0.2, 0.25) is 11.8 Å². The van der Waals surface area contributed by atoms with Gasteiger partial charge in [-0.05, 0) is 20.3 Å². The second kappa shape index (κ2) is 5.04. The van der Waals surface area contributed by atoms with Crippen molar-refractivity contribution in [3.63, 3.8) is 0 Å². The topological polar surface area (TPSA) is 58.6 Å². The first-order valence-electron chi connectivity index (χ1n) is 6.26. The van der Waals surface area contributed by atoms with Crippen molar-refractivity contribution < 1.29 is 14.3 Å². The van der Waals surface area contributed by atoms with Crippen LogP contribution in [0.4, 0.5) is 0 Å². The number of hydrogen-bond donors (Lipinski definition) is 1. The lowest BCUT2D eigenvalue weighted by molar-refractivity contribution is -0.138. The smallest absolute Gasteiger partial charge is 0.226 e. The van der Waals surface area contributed by atoms with Gasteiger partial charge in [-0.3, -0.25) is 9.59 Å². The van der Waals surface area contributed by atoms with Crippen LogP contribution in [0, 0.1) is 11.8 Å². The van der Waals surface area contributed by atoms with E-state index in [0.29, 0.717) is 32.7 Å². The number of morpholine rings is 1. The number of nitrogens with zero attached hydrogens (tertiary/aromatic N) is 1. The predicted octanol–water partition coefficient (Wildman–Crippen LogP) is 0.00590. The first kappa shape index (κ1) is 12.4. The van der Waals surface area contributed by atoms with Gasteiger partial charge in [0.15, 0.2) is 0 Å². The van der Waals surface area contributed by atoms with Crippen molar-refractivity contribution in [3.05, 3.63) is 0 Å². The Bertz CT molecular complexity index is 311. The molecule has 2 unspecified atom stereocenters. The van der Waals surface area contributed by atoms with Crippen molar-refractivity contribution in [2.24, 2.45) is 11.8 Å². The van der Waals surface area contributed by atoms with Crippen LogP contribution in [0.15, 0.2) is 0 Å². The zero-order valence-corrected chi connectivity index (χ0v) is 10.4. The van der Waals surface area contributed by atoms with Crippen LogP contribution in [-0.2, 0) is 14.3 Å². The van der Waals surface area contributed by atoms with Crippen molar-refractivity contribution in [2.45, 2.75) is 26.3 Å². The zero-order chi connectivity index (χ0) is 12.4. The lowest BCUT2D eigenvalue weighted by atomic mass is 10.2. The van der Waals surface area contributed by atoms with Gasteiger partial charge < -0.3 is 15.0 Å². The maximum absolute atomic E-state index is 12.1. The van der Waals surface area contributed by atoms with E-state index in [4.69, 9.17) is 4.74 Å². The Balaban J connectivity index is 1.81. The fourth-order valence-corrected chi connectivity index (χ4v) is 2.17. The Kier molecular flexibility index (Phi) is 3.66. The molecule has 5 heteroatoms. The molecule has 0 bridgehead atoms. The molecule has 5 nitrogen and oxygen atoms in total. The molecule has 0 spiro atoms. The Labute approximate surface area is 101 Å². The highest BCUT2D eigenvalue weighted by Crippen LogP contribution is 2.40. The summed E-state index contributed by atoms with van der Waals surface area (Å²) in [7, 11) is 0. The molecule has 1 aliphatic heterocycles. The number of nitrogens with one attached hydrogen (secondary N) is 1. The van der Waals surface area contributed by atoms with Crippen molar-refractivity contribution in [2.75, 3.05) is 26.3 Å². The van der Waals surface area contributed by atoms with E-state index in [0.717, 1.165) is 0 Å². The number of carbonyl (C=O) groups excluding carboxylic acids is 2. The zero-order valence-electron chi connectivity index (χ0n) is 10.4. The van der Waals surface area contributed by atoms with Crippen LogP contribution >= 0.6 is 0 Å². The molecule has 1 heterocycles. The summed E-state index contributed by atoms with van der Waals surface area (Å²) < 4.78 is 5.20. The second-order valence-corrected chi connectivity index (χ2v) is 5.05. The molecule has 2 rings (SSSR count). The summed E-state index contributed by atoms with van der Waals surface area (Å²) in [6, 6.07) is 0.141. The lowest BCUT2D eigenvalue weighted by Crippen LogP contribution is -2.42. The quantitative estimate of drug-likeness (QED) is 0.756. The first-order chi connectivity index (χ1) is 8.09. The summed E-state index contributed by atoms with van der Waals surface area (Å²) >= 11 is 0. The van der Waals surface area contributed by atoms with E-state index in [1.807, 2.05) is 18.7 Å². The minimum atomic E-state index is -0.104. The van der Waals surface area contributed by atoms with Crippen LogP contribution in [0.2, 0.25) is 0 Å². The van der Waals surface area contributed by atoms with E-state index >= 15 is 0 Å². The van der Waals surface area contributed by atoms with Crippen LogP contribution in [0.25, 0.3) is 0 Å². The summed E-state index contributed by atoms with van der Waals surface area (Å²) in [5.41, 5.74) is 0. The van der Waals surface area contributed by atoms with Crippen molar-refractivity contribution in [1.82, 2.24) is 10.2 Å². The van der Waals surface area contributed by atoms with Gasteiger partial charge in [0.1, 0.15) is 0 Å². The maximum Gasteiger partial charge on any atom is 0.226 e. The summed E-state index contributed by atoms with van der Waals surface area (Å²) in [4.78, 5) is 25.6. The minimum Gasteiger partial charge on any atom is -0.378 e. The third-order valence-electron chi connectivity index (χ3n) is 3.20. The molecular formula is C12H20N2O3. The van der Waals surface area contributed by atoms with Crippen LogP contribution in [0.3, 0.4) is 0 Å². The number of hydrogen-bond acceptors (Lipinski definition) is 3. The van der Waals surface area contributed by atoms with E-state index in [2.05, 4.69) is 5.32 Å². The van der Waals surface area contributed by atoms with Crippen LogP contribution in [-0.4, -0.2) is 49.1 Å². The van der Waals surface area contributed by atoms with E-state index in [1.54, 1.807) is 0 Å². The molecule has 2 amide bonds. The molecule has 0 aromatic carbocycles. The SMILES string of the molecule is CC(C)NC(=O)C1CC1C(=O)N1CCOCC1. The maximum atomic E-state index is 12.1. The van der Waals surface area contributed by atoms with E-state index in [9.17, 15) is 9.59 Å². The van der Waals surface area contributed by atoms with Gasteiger partial charge in [-0.25, -0.2) is 0 Å². The Morgan fingerprint density at radius 1 is 1.24 bits per heavy atom. The standard InChI is InChI=1S/C12H20N2O3/c1-8(2)13-11(15)9-7-10(9)12(16)14-3-5-17-6-4-14/h8-10H,3-7H2,1-2H3,(H,13,15). The number of ether oxygens (including phenoxy) is 1. The van der Waals surface area contributed by atoms with Crippen molar-refractivity contribution in [3.8, 4) is 0 Å². The second-order valence-electron chi connectivity index (χ2n) is 5.05. The third-order valence-corrected chi connectivity index (χ3v) is 3.20. The molecule has 2 atom stereocenters. The van der Waals surface area contributed by atoms with Gasteiger partial charge >= 0.3 is 0 Å². The third kappa shape index (κ3) is 2.97.